The Hall–Kier alpha value is -2.63. The number of aromatic nitrogens is 2. The molecule has 0 saturated carbocycles. The number of carbonyl (C=O) groups excluding carboxylic acids is 1. The van der Waals surface area contributed by atoms with E-state index in [4.69, 9.17) is 14.2 Å². The monoisotopic (exact) mass is 258 g/mol. The Labute approximate surface area is 109 Å². The first-order chi connectivity index (χ1) is 9.22. The van der Waals surface area contributed by atoms with Crippen LogP contribution in [0, 0.1) is 6.92 Å². The molecule has 2 heterocycles. The summed E-state index contributed by atoms with van der Waals surface area (Å²) in [6, 6.07) is 4.92. The first-order valence-corrected chi connectivity index (χ1v) is 5.63. The molecular formula is C13H10N2O4. The average molecular weight is 258 g/mol. The molecule has 0 radical (unpaired) electrons. The molecule has 1 aliphatic heterocycles. The van der Waals surface area contributed by atoms with E-state index in [-0.39, 0.29) is 12.5 Å². The highest BCUT2D eigenvalue weighted by Crippen LogP contribution is 2.35. The standard InChI is InChI=1S/C13H10N2O4/c1-8-5-15-10(6-14-8)13(16)19-9-2-3-11-12(4-9)18-7-17-11/h2-6H,7H2,1H3. The van der Waals surface area contributed by atoms with E-state index in [2.05, 4.69) is 9.97 Å². The third-order valence-electron chi connectivity index (χ3n) is 2.54. The molecule has 0 atom stereocenters. The lowest BCUT2D eigenvalue weighted by Gasteiger charge is -2.04. The summed E-state index contributed by atoms with van der Waals surface area (Å²) < 4.78 is 15.6. The fourth-order valence-electron chi connectivity index (χ4n) is 1.60. The van der Waals surface area contributed by atoms with Crippen molar-refractivity contribution in [1.29, 1.82) is 0 Å². The number of rotatable bonds is 2. The molecule has 0 saturated heterocycles. The van der Waals surface area contributed by atoms with Gasteiger partial charge < -0.3 is 14.2 Å². The number of hydrogen-bond acceptors (Lipinski definition) is 6. The number of fused-ring (bicyclic) bond motifs is 1. The van der Waals surface area contributed by atoms with E-state index >= 15 is 0 Å². The van der Waals surface area contributed by atoms with Crippen molar-refractivity contribution in [3.05, 3.63) is 42.0 Å². The molecule has 6 heteroatoms. The topological polar surface area (TPSA) is 70.5 Å². The molecule has 6 nitrogen and oxygen atoms in total. The highest BCUT2D eigenvalue weighted by molar-refractivity contribution is 5.88. The van der Waals surface area contributed by atoms with Gasteiger partial charge in [-0.25, -0.2) is 9.78 Å². The summed E-state index contributed by atoms with van der Waals surface area (Å²) in [5.74, 6) is 0.998. The van der Waals surface area contributed by atoms with Gasteiger partial charge in [-0.2, -0.15) is 0 Å². The summed E-state index contributed by atoms with van der Waals surface area (Å²) in [6.45, 7) is 1.97. The lowest BCUT2D eigenvalue weighted by Crippen LogP contribution is -2.11. The number of esters is 1. The van der Waals surface area contributed by atoms with Crippen LogP contribution in [0.3, 0.4) is 0 Å². The van der Waals surface area contributed by atoms with E-state index < -0.39 is 5.97 Å². The van der Waals surface area contributed by atoms with Crippen molar-refractivity contribution in [3.63, 3.8) is 0 Å². The summed E-state index contributed by atoms with van der Waals surface area (Å²) in [6.07, 6.45) is 2.89. The zero-order chi connectivity index (χ0) is 13.2. The number of hydrogen-bond donors (Lipinski definition) is 0. The molecular weight excluding hydrogens is 248 g/mol. The Kier molecular flexibility index (Phi) is 2.75. The predicted octanol–water partition coefficient (Wildman–Crippen LogP) is 1.73. The maximum absolute atomic E-state index is 11.8. The van der Waals surface area contributed by atoms with Crippen molar-refractivity contribution in [1.82, 2.24) is 9.97 Å². The molecule has 19 heavy (non-hydrogen) atoms. The van der Waals surface area contributed by atoms with Crippen molar-refractivity contribution in [2.24, 2.45) is 0 Å². The Bertz CT molecular complexity index is 625. The summed E-state index contributed by atoms with van der Waals surface area (Å²) in [4.78, 5) is 19.8. The minimum atomic E-state index is -0.564. The van der Waals surface area contributed by atoms with Gasteiger partial charge in [-0.15, -0.1) is 0 Å². The Balaban J connectivity index is 1.77. The third kappa shape index (κ3) is 2.33. The van der Waals surface area contributed by atoms with E-state index in [1.165, 1.54) is 12.4 Å². The molecule has 0 N–H and O–H groups in total. The highest BCUT2D eigenvalue weighted by Gasteiger charge is 2.16. The molecule has 1 aromatic carbocycles. The van der Waals surface area contributed by atoms with Crippen LogP contribution in [0.1, 0.15) is 16.2 Å². The molecule has 1 aromatic heterocycles. The van der Waals surface area contributed by atoms with Crippen LogP contribution in [0.15, 0.2) is 30.6 Å². The minimum absolute atomic E-state index is 0.156. The van der Waals surface area contributed by atoms with Gasteiger partial charge in [0.15, 0.2) is 17.2 Å². The van der Waals surface area contributed by atoms with Crippen molar-refractivity contribution < 1.29 is 19.0 Å². The smallest absolute Gasteiger partial charge is 0.363 e. The predicted molar refractivity (Wildman–Crippen MR) is 64.3 cm³/mol. The van der Waals surface area contributed by atoms with Crippen LogP contribution in [0.25, 0.3) is 0 Å². The number of aryl methyl sites for hydroxylation is 1. The van der Waals surface area contributed by atoms with Gasteiger partial charge in [0.25, 0.3) is 0 Å². The quantitative estimate of drug-likeness (QED) is 0.603. The maximum Gasteiger partial charge on any atom is 0.363 e. The molecule has 2 aromatic rings. The van der Waals surface area contributed by atoms with Gasteiger partial charge in [-0.1, -0.05) is 0 Å². The van der Waals surface area contributed by atoms with Gasteiger partial charge in [-0.3, -0.25) is 4.98 Å². The second-order valence-corrected chi connectivity index (χ2v) is 3.95. The van der Waals surface area contributed by atoms with Gasteiger partial charge >= 0.3 is 5.97 Å². The zero-order valence-electron chi connectivity index (χ0n) is 10.1. The van der Waals surface area contributed by atoms with Crippen LogP contribution in [-0.2, 0) is 0 Å². The second-order valence-electron chi connectivity index (χ2n) is 3.95. The molecule has 96 valence electrons. The first kappa shape index (κ1) is 11.5. The van der Waals surface area contributed by atoms with Gasteiger partial charge in [-0.05, 0) is 19.1 Å². The van der Waals surface area contributed by atoms with Crippen LogP contribution < -0.4 is 14.2 Å². The zero-order valence-corrected chi connectivity index (χ0v) is 10.1. The SMILES string of the molecule is Cc1cnc(C(=O)Oc2ccc3c(c2)OCO3)cn1. The third-order valence-corrected chi connectivity index (χ3v) is 2.54. The second kappa shape index (κ2) is 4.56. The summed E-state index contributed by atoms with van der Waals surface area (Å²) in [7, 11) is 0. The van der Waals surface area contributed by atoms with E-state index in [1.54, 1.807) is 25.1 Å². The van der Waals surface area contributed by atoms with Crippen LogP contribution >= 0.6 is 0 Å². The molecule has 0 bridgehead atoms. The molecule has 0 aliphatic carbocycles. The average Bonchev–Trinajstić information content (AvgIpc) is 2.87. The van der Waals surface area contributed by atoms with Crippen molar-refractivity contribution in [2.45, 2.75) is 6.92 Å². The van der Waals surface area contributed by atoms with E-state index in [0.29, 0.717) is 17.2 Å². The maximum atomic E-state index is 11.8. The highest BCUT2D eigenvalue weighted by atomic mass is 16.7. The van der Waals surface area contributed by atoms with Crippen LogP contribution in [0.5, 0.6) is 17.2 Å². The van der Waals surface area contributed by atoms with Crippen LogP contribution in [0.4, 0.5) is 0 Å². The molecule has 0 fully saturated rings. The molecule has 0 spiro atoms. The van der Waals surface area contributed by atoms with Crippen LogP contribution in [-0.4, -0.2) is 22.7 Å². The van der Waals surface area contributed by atoms with Crippen molar-refractivity contribution in [3.8, 4) is 17.2 Å². The fourth-order valence-corrected chi connectivity index (χ4v) is 1.60. The number of benzene rings is 1. The number of carbonyl (C=O) groups is 1. The van der Waals surface area contributed by atoms with E-state index in [9.17, 15) is 4.79 Å². The lowest BCUT2D eigenvalue weighted by atomic mass is 10.3. The van der Waals surface area contributed by atoms with Gasteiger partial charge in [0, 0.05) is 12.3 Å². The fraction of sp³-hybridized carbons (Fsp3) is 0.154. The molecule has 1 aliphatic rings. The van der Waals surface area contributed by atoms with Gasteiger partial charge in [0.05, 0.1) is 11.9 Å². The Morgan fingerprint density at radius 3 is 2.84 bits per heavy atom. The molecule has 0 amide bonds. The minimum Gasteiger partial charge on any atom is -0.454 e. The largest absolute Gasteiger partial charge is 0.454 e. The Morgan fingerprint density at radius 2 is 2.05 bits per heavy atom. The molecule has 3 rings (SSSR count). The van der Waals surface area contributed by atoms with E-state index in [1.807, 2.05) is 0 Å². The number of nitrogens with zero attached hydrogens (tertiary/aromatic N) is 2. The van der Waals surface area contributed by atoms with Gasteiger partial charge in [0.1, 0.15) is 5.75 Å². The van der Waals surface area contributed by atoms with Crippen LogP contribution in [0.2, 0.25) is 0 Å². The van der Waals surface area contributed by atoms with Crippen molar-refractivity contribution >= 4 is 5.97 Å². The van der Waals surface area contributed by atoms with Gasteiger partial charge in [0.2, 0.25) is 6.79 Å². The summed E-state index contributed by atoms with van der Waals surface area (Å²) in [5.41, 5.74) is 0.892. The van der Waals surface area contributed by atoms with Crippen molar-refractivity contribution in [2.75, 3.05) is 6.79 Å². The molecule has 0 unspecified atom stereocenters. The Morgan fingerprint density at radius 1 is 1.21 bits per heavy atom. The lowest BCUT2D eigenvalue weighted by molar-refractivity contribution is 0.0728. The first-order valence-electron chi connectivity index (χ1n) is 5.63. The van der Waals surface area contributed by atoms with E-state index in [0.717, 1.165) is 5.69 Å². The summed E-state index contributed by atoms with van der Waals surface area (Å²) >= 11 is 0. The normalized spacial score (nSPS) is 12.3. The summed E-state index contributed by atoms with van der Waals surface area (Å²) in [5, 5.41) is 0. The number of ether oxygens (including phenoxy) is 3.